The molecule has 0 aliphatic heterocycles. The third-order valence-electron chi connectivity index (χ3n) is 0.985. The van der Waals surface area contributed by atoms with Crippen molar-refractivity contribution in [1.29, 1.82) is 0 Å². The normalized spacial score (nSPS) is 8.80. The third kappa shape index (κ3) is 1.45. The SMILES string of the molecule is Nc1cncc(NC=O)c1. The molecule has 4 nitrogen and oxygen atoms in total. The Labute approximate surface area is 58.1 Å². The lowest BCUT2D eigenvalue weighted by Crippen LogP contribution is -1.95. The molecular weight excluding hydrogens is 130 g/mol. The van der Waals surface area contributed by atoms with E-state index in [1.807, 2.05) is 0 Å². The largest absolute Gasteiger partial charge is 0.397 e. The summed E-state index contributed by atoms with van der Waals surface area (Å²) >= 11 is 0. The van der Waals surface area contributed by atoms with E-state index in [0.717, 1.165) is 0 Å². The molecule has 10 heavy (non-hydrogen) atoms. The number of amides is 1. The van der Waals surface area contributed by atoms with E-state index in [-0.39, 0.29) is 0 Å². The first-order valence-electron chi connectivity index (χ1n) is 2.73. The molecule has 1 heterocycles. The van der Waals surface area contributed by atoms with Gasteiger partial charge in [-0.1, -0.05) is 0 Å². The van der Waals surface area contributed by atoms with Crippen LogP contribution in [-0.4, -0.2) is 11.4 Å². The van der Waals surface area contributed by atoms with Crippen LogP contribution in [0.2, 0.25) is 0 Å². The van der Waals surface area contributed by atoms with Crippen LogP contribution in [0.5, 0.6) is 0 Å². The molecule has 1 aromatic heterocycles. The lowest BCUT2D eigenvalue weighted by Gasteiger charge is -1.96. The highest BCUT2D eigenvalue weighted by atomic mass is 16.1. The number of nitrogens with two attached hydrogens (primary N) is 1. The zero-order valence-corrected chi connectivity index (χ0v) is 5.24. The van der Waals surface area contributed by atoms with Crippen molar-refractivity contribution in [2.75, 3.05) is 11.1 Å². The molecule has 0 unspecified atom stereocenters. The number of anilines is 2. The highest BCUT2D eigenvalue weighted by Gasteiger charge is 1.88. The van der Waals surface area contributed by atoms with Crippen LogP contribution < -0.4 is 11.1 Å². The van der Waals surface area contributed by atoms with Gasteiger partial charge in [0.05, 0.1) is 17.6 Å². The van der Waals surface area contributed by atoms with Crippen LogP contribution in [0.15, 0.2) is 18.5 Å². The van der Waals surface area contributed by atoms with Gasteiger partial charge < -0.3 is 11.1 Å². The van der Waals surface area contributed by atoms with E-state index < -0.39 is 0 Å². The number of rotatable bonds is 2. The fourth-order valence-electron chi connectivity index (χ4n) is 0.605. The van der Waals surface area contributed by atoms with E-state index >= 15 is 0 Å². The van der Waals surface area contributed by atoms with Gasteiger partial charge in [0.25, 0.3) is 0 Å². The molecule has 1 rings (SSSR count). The molecule has 0 saturated carbocycles. The van der Waals surface area contributed by atoms with E-state index in [1.54, 1.807) is 6.07 Å². The number of aromatic nitrogens is 1. The number of hydrogen-bond donors (Lipinski definition) is 2. The van der Waals surface area contributed by atoms with Crippen molar-refractivity contribution < 1.29 is 4.79 Å². The first-order chi connectivity index (χ1) is 4.83. The molecule has 0 aromatic carbocycles. The molecule has 1 aromatic rings. The number of nitrogen functional groups attached to an aromatic ring is 1. The summed E-state index contributed by atoms with van der Waals surface area (Å²) in [6.07, 6.45) is 3.61. The zero-order chi connectivity index (χ0) is 7.40. The van der Waals surface area contributed by atoms with Crippen LogP contribution in [0.25, 0.3) is 0 Å². The average Bonchev–Trinajstić information content (AvgIpc) is 1.88. The average molecular weight is 137 g/mol. The smallest absolute Gasteiger partial charge is 0.211 e. The second-order valence-corrected chi connectivity index (χ2v) is 1.77. The molecule has 1 amide bonds. The Morgan fingerprint density at radius 3 is 3.00 bits per heavy atom. The van der Waals surface area contributed by atoms with Crippen LogP contribution >= 0.6 is 0 Å². The Bertz CT molecular complexity index is 236. The maximum Gasteiger partial charge on any atom is 0.211 e. The highest BCUT2D eigenvalue weighted by Crippen LogP contribution is 2.07. The minimum Gasteiger partial charge on any atom is -0.397 e. The first-order valence-corrected chi connectivity index (χ1v) is 2.73. The number of carbonyl (C=O) groups is 1. The predicted octanol–water partition coefficient (Wildman–Crippen LogP) is 0.232. The maximum absolute atomic E-state index is 9.91. The summed E-state index contributed by atoms with van der Waals surface area (Å²) in [5, 5.41) is 2.43. The molecule has 0 bridgehead atoms. The summed E-state index contributed by atoms with van der Waals surface area (Å²) < 4.78 is 0. The van der Waals surface area contributed by atoms with Crippen molar-refractivity contribution in [2.24, 2.45) is 0 Å². The van der Waals surface area contributed by atoms with E-state index in [4.69, 9.17) is 5.73 Å². The minimum atomic E-state index is 0.534. The van der Waals surface area contributed by atoms with Gasteiger partial charge in [-0.05, 0) is 6.07 Å². The molecule has 4 heteroatoms. The van der Waals surface area contributed by atoms with Crippen molar-refractivity contribution in [2.45, 2.75) is 0 Å². The van der Waals surface area contributed by atoms with Gasteiger partial charge in [0.15, 0.2) is 0 Å². The Balaban J connectivity index is 2.84. The second kappa shape index (κ2) is 2.82. The van der Waals surface area contributed by atoms with Crippen LogP contribution in [-0.2, 0) is 4.79 Å². The van der Waals surface area contributed by atoms with E-state index in [0.29, 0.717) is 17.8 Å². The van der Waals surface area contributed by atoms with E-state index in [2.05, 4.69) is 10.3 Å². The van der Waals surface area contributed by atoms with Crippen molar-refractivity contribution in [3.63, 3.8) is 0 Å². The molecule has 0 aliphatic rings. The van der Waals surface area contributed by atoms with Gasteiger partial charge in [0, 0.05) is 6.20 Å². The van der Waals surface area contributed by atoms with Crippen molar-refractivity contribution >= 4 is 17.8 Å². The van der Waals surface area contributed by atoms with Gasteiger partial charge in [0.1, 0.15) is 0 Å². The number of nitrogens with one attached hydrogen (secondary N) is 1. The molecule has 52 valence electrons. The van der Waals surface area contributed by atoms with Gasteiger partial charge in [0.2, 0.25) is 6.41 Å². The number of pyridine rings is 1. The quantitative estimate of drug-likeness (QED) is 0.573. The Hall–Kier alpha value is -1.58. The van der Waals surface area contributed by atoms with Gasteiger partial charge >= 0.3 is 0 Å². The summed E-state index contributed by atoms with van der Waals surface area (Å²) in [6, 6.07) is 1.63. The summed E-state index contributed by atoms with van der Waals surface area (Å²) in [5.41, 5.74) is 6.51. The van der Waals surface area contributed by atoms with Gasteiger partial charge in [-0.2, -0.15) is 0 Å². The summed E-state index contributed by atoms with van der Waals surface area (Å²) in [7, 11) is 0. The Kier molecular flexibility index (Phi) is 1.84. The first kappa shape index (κ1) is 6.54. The standard InChI is InChI=1S/C6H7N3O/c7-5-1-6(9-4-10)3-8-2-5/h1-4H,7H2,(H,9,10). The summed E-state index contributed by atoms with van der Waals surface area (Å²) in [4.78, 5) is 13.7. The molecule has 0 aliphatic carbocycles. The monoisotopic (exact) mass is 137 g/mol. The number of hydrogen-bond acceptors (Lipinski definition) is 3. The Morgan fingerprint density at radius 2 is 2.40 bits per heavy atom. The lowest BCUT2D eigenvalue weighted by molar-refractivity contribution is -0.105. The van der Waals surface area contributed by atoms with Crippen LogP contribution in [0, 0.1) is 0 Å². The second-order valence-electron chi connectivity index (χ2n) is 1.77. The van der Waals surface area contributed by atoms with Gasteiger partial charge in [-0.15, -0.1) is 0 Å². The third-order valence-corrected chi connectivity index (χ3v) is 0.985. The van der Waals surface area contributed by atoms with Gasteiger partial charge in [-0.25, -0.2) is 0 Å². The number of carbonyl (C=O) groups excluding carboxylic acids is 1. The topological polar surface area (TPSA) is 68.0 Å². The highest BCUT2D eigenvalue weighted by molar-refractivity contribution is 5.71. The molecular formula is C6H7N3O. The molecule has 0 spiro atoms. The summed E-state index contributed by atoms with van der Waals surface area (Å²) in [6.45, 7) is 0. The molecule has 0 fully saturated rings. The van der Waals surface area contributed by atoms with Gasteiger partial charge in [-0.3, -0.25) is 9.78 Å². The lowest BCUT2D eigenvalue weighted by atomic mass is 10.4. The van der Waals surface area contributed by atoms with Crippen LogP contribution in [0.3, 0.4) is 0 Å². The van der Waals surface area contributed by atoms with E-state index in [9.17, 15) is 4.79 Å². The van der Waals surface area contributed by atoms with Crippen LogP contribution in [0.1, 0.15) is 0 Å². The minimum absolute atomic E-state index is 0.534. The molecule has 0 saturated heterocycles. The zero-order valence-electron chi connectivity index (χ0n) is 5.24. The molecule has 0 radical (unpaired) electrons. The van der Waals surface area contributed by atoms with Crippen molar-refractivity contribution in [1.82, 2.24) is 4.98 Å². The van der Waals surface area contributed by atoms with E-state index in [1.165, 1.54) is 12.4 Å². The fraction of sp³-hybridized carbons (Fsp3) is 0. The molecule has 0 atom stereocenters. The molecule has 3 N–H and O–H groups in total. The summed E-state index contributed by atoms with van der Waals surface area (Å²) in [5.74, 6) is 0. The van der Waals surface area contributed by atoms with Crippen molar-refractivity contribution in [3.05, 3.63) is 18.5 Å². The van der Waals surface area contributed by atoms with Crippen LogP contribution in [0.4, 0.5) is 11.4 Å². The Morgan fingerprint density at radius 1 is 1.60 bits per heavy atom. The number of nitrogens with zero attached hydrogens (tertiary/aromatic N) is 1. The fourth-order valence-corrected chi connectivity index (χ4v) is 0.605. The van der Waals surface area contributed by atoms with Crippen molar-refractivity contribution in [3.8, 4) is 0 Å². The maximum atomic E-state index is 9.91. The predicted molar refractivity (Wildman–Crippen MR) is 38.3 cm³/mol.